The van der Waals surface area contributed by atoms with E-state index < -0.39 is 17.9 Å². The number of carbonyl (C=O) groups excluding carboxylic acids is 4. The number of ether oxygens (including phenoxy) is 8. The Balaban J connectivity index is 1.24. The number of hydrogen-bond acceptors (Lipinski definition) is 14. The van der Waals surface area contributed by atoms with Crippen LogP contribution in [0.5, 0.6) is 0 Å². The molecule has 2 heterocycles. The molecule has 1 fully saturated rings. The molecule has 1 saturated heterocycles. The standard InChI is InChI=1S/C43H77N7O12/c1-32(2)41(53)45-15-17-55-22-23-59-31-38(51)46-36(40(44)52)13-10-11-16-50-39-35(47-48-50)12-8-7-9-14-37(39)60-26-24-57-20-18-56-19-21-58-25-27-61-42(54)49-29-33(3)62-34(30-49)28-43(4,5)6/h32-34,36-37H,7-31H2,1-6H3,(H2,44,52)(H,45,53)(H,46,51)/t33?,34?,36-,37?/m0/s1. The third-order valence-electron chi connectivity index (χ3n) is 10.2. The average Bonchev–Trinajstić information content (AvgIpc) is 3.59. The van der Waals surface area contributed by atoms with Crippen LogP contribution in [-0.4, -0.2) is 161 Å². The number of amides is 4. The van der Waals surface area contributed by atoms with Crippen LogP contribution in [-0.2, 0) is 65.2 Å². The van der Waals surface area contributed by atoms with E-state index in [1.54, 1.807) is 4.90 Å². The fourth-order valence-electron chi connectivity index (χ4n) is 7.18. The van der Waals surface area contributed by atoms with E-state index in [4.69, 9.17) is 43.6 Å². The number of carbonyl (C=O) groups is 4. The Kier molecular flexibility index (Phi) is 25.4. The first-order chi connectivity index (χ1) is 29.7. The number of nitrogens with one attached hydrogen (secondary N) is 2. The van der Waals surface area contributed by atoms with Crippen LogP contribution in [0.3, 0.4) is 0 Å². The molecule has 0 radical (unpaired) electrons. The average molecular weight is 884 g/mol. The van der Waals surface area contributed by atoms with E-state index in [1.807, 2.05) is 25.5 Å². The lowest BCUT2D eigenvalue weighted by Gasteiger charge is -2.38. The van der Waals surface area contributed by atoms with Crippen molar-refractivity contribution in [2.75, 3.05) is 98.9 Å². The van der Waals surface area contributed by atoms with Crippen molar-refractivity contribution >= 4 is 23.8 Å². The van der Waals surface area contributed by atoms with Crippen LogP contribution in [0.4, 0.5) is 4.79 Å². The number of nitrogens with two attached hydrogens (primary N) is 1. The zero-order chi connectivity index (χ0) is 45.2. The van der Waals surface area contributed by atoms with Crippen LogP contribution in [0, 0.1) is 11.3 Å². The fraction of sp³-hybridized carbons (Fsp3) is 0.860. The summed E-state index contributed by atoms with van der Waals surface area (Å²) in [4.78, 5) is 50.4. The third kappa shape index (κ3) is 22.2. The van der Waals surface area contributed by atoms with Crippen molar-refractivity contribution in [2.45, 2.75) is 130 Å². The maximum Gasteiger partial charge on any atom is 0.410 e. The van der Waals surface area contributed by atoms with E-state index in [9.17, 15) is 19.2 Å². The number of aryl methyl sites for hydroxylation is 2. The highest BCUT2D eigenvalue weighted by Crippen LogP contribution is 2.30. The Morgan fingerprint density at radius 1 is 0.855 bits per heavy atom. The van der Waals surface area contributed by atoms with E-state index in [-0.39, 0.29) is 68.1 Å². The third-order valence-corrected chi connectivity index (χ3v) is 10.2. The van der Waals surface area contributed by atoms with Crippen LogP contribution in [0.25, 0.3) is 0 Å². The Labute approximate surface area is 368 Å². The molecule has 4 atom stereocenters. The first-order valence-corrected chi connectivity index (χ1v) is 22.6. The zero-order valence-corrected chi connectivity index (χ0v) is 38.3. The van der Waals surface area contributed by atoms with Crippen molar-refractivity contribution < 1.29 is 57.1 Å². The Bertz CT molecular complexity index is 1440. The zero-order valence-electron chi connectivity index (χ0n) is 38.3. The highest BCUT2D eigenvalue weighted by atomic mass is 16.6. The summed E-state index contributed by atoms with van der Waals surface area (Å²) in [5, 5.41) is 14.4. The van der Waals surface area contributed by atoms with E-state index >= 15 is 0 Å². The van der Waals surface area contributed by atoms with Crippen LogP contribution in [0.2, 0.25) is 0 Å². The molecule has 1 aromatic rings. The van der Waals surface area contributed by atoms with Gasteiger partial charge in [0.05, 0.1) is 103 Å². The lowest BCUT2D eigenvalue weighted by molar-refractivity contribution is -0.131. The fourth-order valence-corrected chi connectivity index (χ4v) is 7.18. The van der Waals surface area contributed by atoms with Gasteiger partial charge in [-0.05, 0) is 57.3 Å². The van der Waals surface area contributed by atoms with Gasteiger partial charge in [0.15, 0.2) is 0 Å². The molecule has 0 aromatic carbocycles. The van der Waals surface area contributed by atoms with Crippen molar-refractivity contribution in [3.8, 4) is 0 Å². The minimum absolute atomic E-state index is 0.000789. The number of unbranched alkanes of at least 4 members (excludes halogenated alkanes) is 1. The molecule has 1 aliphatic heterocycles. The van der Waals surface area contributed by atoms with Gasteiger partial charge in [-0.1, -0.05) is 52.7 Å². The van der Waals surface area contributed by atoms with Gasteiger partial charge in [0.25, 0.3) is 0 Å². The maximum absolute atomic E-state index is 12.6. The number of hydrogen-bond donors (Lipinski definition) is 3. The molecule has 4 N–H and O–H groups in total. The normalized spacial score (nSPS) is 18.8. The highest BCUT2D eigenvalue weighted by Gasteiger charge is 2.32. The highest BCUT2D eigenvalue weighted by molar-refractivity contribution is 5.87. The number of fused-ring (bicyclic) bond motifs is 1. The molecular formula is C43H77N7O12. The Morgan fingerprint density at radius 3 is 2.19 bits per heavy atom. The summed E-state index contributed by atoms with van der Waals surface area (Å²) in [5.41, 5.74) is 7.65. The summed E-state index contributed by atoms with van der Waals surface area (Å²) in [6, 6.07) is -0.821. The van der Waals surface area contributed by atoms with Crippen molar-refractivity contribution in [3.63, 3.8) is 0 Å². The summed E-state index contributed by atoms with van der Waals surface area (Å²) in [6.07, 6.45) is 6.91. The van der Waals surface area contributed by atoms with Gasteiger partial charge in [0, 0.05) is 19.0 Å². The lowest BCUT2D eigenvalue weighted by atomic mass is 9.88. The molecule has 3 unspecified atom stereocenters. The molecule has 356 valence electrons. The van der Waals surface area contributed by atoms with Gasteiger partial charge in [-0.15, -0.1) is 5.10 Å². The molecule has 19 heteroatoms. The monoisotopic (exact) mass is 884 g/mol. The number of morpholine rings is 1. The Morgan fingerprint density at radius 2 is 1.52 bits per heavy atom. The molecule has 0 bridgehead atoms. The van der Waals surface area contributed by atoms with Crippen LogP contribution >= 0.6 is 0 Å². The van der Waals surface area contributed by atoms with Gasteiger partial charge >= 0.3 is 6.09 Å². The SMILES string of the molecule is CC1CN(C(=O)OCCOCCOCCOCCOC2CCCCCc3nnn(CCCC[C@H](NC(=O)COCCOCCNC(=O)C(C)C)C(N)=O)c32)CC(CC(C)(C)C)O1. The lowest BCUT2D eigenvalue weighted by Crippen LogP contribution is -2.50. The van der Waals surface area contributed by atoms with Crippen molar-refractivity contribution in [1.82, 2.24) is 30.5 Å². The second-order valence-corrected chi connectivity index (χ2v) is 17.4. The van der Waals surface area contributed by atoms with Gasteiger partial charge in [-0.3, -0.25) is 14.4 Å². The molecule has 3 rings (SSSR count). The van der Waals surface area contributed by atoms with Gasteiger partial charge in [-0.25, -0.2) is 9.48 Å². The summed E-state index contributed by atoms with van der Waals surface area (Å²) in [5.74, 6) is -1.17. The second kappa shape index (κ2) is 29.8. The van der Waals surface area contributed by atoms with Crippen LogP contribution in [0.1, 0.15) is 110 Å². The van der Waals surface area contributed by atoms with E-state index in [2.05, 4.69) is 41.7 Å². The number of nitrogens with zero attached hydrogens (tertiary/aromatic N) is 4. The number of aromatic nitrogens is 3. The predicted octanol–water partition coefficient (Wildman–Crippen LogP) is 3.11. The summed E-state index contributed by atoms with van der Waals surface area (Å²) in [6.45, 7) is 17.6. The summed E-state index contributed by atoms with van der Waals surface area (Å²) < 4.78 is 47.4. The largest absolute Gasteiger partial charge is 0.447 e. The van der Waals surface area contributed by atoms with Crippen molar-refractivity contribution in [1.29, 1.82) is 0 Å². The molecule has 19 nitrogen and oxygen atoms in total. The van der Waals surface area contributed by atoms with Gasteiger partial charge < -0.3 is 59.2 Å². The molecule has 62 heavy (non-hydrogen) atoms. The first kappa shape index (κ1) is 52.9. The Hall–Kier alpha value is -3.46. The molecule has 0 spiro atoms. The van der Waals surface area contributed by atoms with E-state index in [0.29, 0.717) is 98.3 Å². The molecule has 4 amide bonds. The summed E-state index contributed by atoms with van der Waals surface area (Å²) in [7, 11) is 0. The topological polar surface area (TPSA) is 226 Å². The number of rotatable bonds is 30. The van der Waals surface area contributed by atoms with Gasteiger partial charge in [0.1, 0.15) is 25.4 Å². The minimum Gasteiger partial charge on any atom is -0.447 e. The van der Waals surface area contributed by atoms with E-state index in [1.165, 1.54) is 0 Å². The van der Waals surface area contributed by atoms with Gasteiger partial charge in [0.2, 0.25) is 17.7 Å². The molecule has 1 aromatic heterocycles. The summed E-state index contributed by atoms with van der Waals surface area (Å²) >= 11 is 0. The van der Waals surface area contributed by atoms with Crippen molar-refractivity contribution in [3.05, 3.63) is 11.4 Å². The molecular weight excluding hydrogens is 807 g/mol. The second-order valence-electron chi connectivity index (χ2n) is 17.4. The molecule has 1 aliphatic carbocycles. The van der Waals surface area contributed by atoms with Gasteiger partial charge in [-0.2, -0.15) is 0 Å². The first-order valence-electron chi connectivity index (χ1n) is 22.6. The minimum atomic E-state index is -0.821. The smallest absolute Gasteiger partial charge is 0.410 e. The quantitative estimate of drug-likeness (QED) is 0.0945. The van der Waals surface area contributed by atoms with Crippen molar-refractivity contribution in [2.24, 2.45) is 17.1 Å². The molecule has 2 aliphatic rings. The van der Waals surface area contributed by atoms with E-state index in [0.717, 1.165) is 49.9 Å². The predicted molar refractivity (Wildman–Crippen MR) is 229 cm³/mol. The maximum atomic E-state index is 12.6. The van der Waals surface area contributed by atoms with Crippen LogP contribution < -0.4 is 16.4 Å². The van der Waals surface area contributed by atoms with Crippen LogP contribution in [0.15, 0.2) is 0 Å². The molecule has 0 saturated carbocycles. The number of primary amides is 1.